The molecule has 0 fully saturated rings. The molecule has 0 aliphatic heterocycles. The SMILES string of the molecule is CCC(N)(OC(=O)c1ccccc1)C(O)(O)O. The van der Waals surface area contributed by atoms with E-state index in [2.05, 4.69) is 0 Å². The van der Waals surface area contributed by atoms with Crippen molar-refractivity contribution in [3.8, 4) is 0 Å². The molecule has 0 radical (unpaired) electrons. The zero-order chi connectivity index (χ0) is 13.1. The Hall–Kier alpha value is -1.47. The predicted octanol–water partition coefficient (Wildman–Crippen LogP) is -0.461. The first-order chi connectivity index (χ1) is 7.80. The molecule has 0 aromatic heterocycles. The molecular weight excluding hydrogens is 226 g/mol. The Morgan fingerprint density at radius 2 is 1.82 bits per heavy atom. The Balaban J connectivity index is 2.87. The van der Waals surface area contributed by atoms with Crippen LogP contribution < -0.4 is 5.73 Å². The molecule has 0 aliphatic rings. The molecule has 1 aromatic rings. The Morgan fingerprint density at radius 1 is 1.29 bits per heavy atom. The smallest absolute Gasteiger partial charge is 0.340 e. The van der Waals surface area contributed by atoms with Gasteiger partial charge in [0.05, 0.1) is 5.56 Å². The van der Waals surface area contributed by atoms with Gasteiger partial charge in [-0.05, 0) is 12.1 Å². The average molecular weight is 241 g/mol. The van der Waals surface area contributed by atoms with Crippen molar-refractivity contribution < 1.29 is 24.9 Å². The molecule has 94 valence electrons. The van der Waals surface area contributed by atoms with E-state index in [1.807, 2.05) is 0 Å². The van der Waals surface area contributed by atoms with Crippen molar-refractivity contribution in [3.63, 3.8) is 0 Å². The van der Waals surface area contributed by atoms with Gasteiger partial charge in [-0.15, -0.1) is 0 Å². The fourth-order valence-electron chi connectivity index (χ4n) is 1.18. The Kier molecular flexibility index (Phi) is 3.84. The van der Waals surface area contributed by atoms with Gasteiger partial charge in [0.2, 0.25) is 5.72 Å². The number of benzene rings is 1. The van der Waals surface area contributed by atoms with E-state index >= 15 is 0 Å². The van der Waals surface area contributed by atoms with Gasteiger partial charge in [-0.1, -0.05) is 25.1 Å². The highest BCUT2D eigenvalue weighted by Crippen LogP contribution is 2.21. The standard InChI is InChI=1S/C11H15NO5/c1-2-10(12,11(14,15)16)17-9(13)8-6-4-3-5-7-8/h3-7,14-16H,2,12H2,1H3. The van der Waals surface area contributed by atoms with Gasteiger partial charge in [0.1, 0.15) is 0 Å². The summed E-state index contributed by atoms with van der Waals surface area (Å²) in [7, 11) is 0. The Morgan fingerprint density at radius 3 is 2.24 bits per heavy atom. The molecular formula is C11H15NO5. The lowest BCUT2D eigenvalue weighted by Crippen LogP contribution is -2.63. The number of esters is 1. The second-order valence-electron chi connectivity index (χ2n) is 3.63. The maximum atomic E-state index is 11.6. The van der Waals surface area contributed by atoms with Crippen molar-refractivity contribution in [3.05, 3.63) is 35.9 Å². The molecule has 0 bridgehead atoms. The largest absolute Gasteiger partial charge is 0.432 e. The van der Waals surface area contributed by atoms with Gasteiger partial charge in [0.15, 0.2) is 0 Å². The molecule has 1 unspecified atom stereocenters. The van der Waals surface area contributed by atoms with E-state index in [0.717, 1.165) is 0 Å². The summed E-state index contributed by atoms with van der Waals surface area (Å²) in [5.74, 6) is -4.15. The number of ether oxygens (including phenoxy) is 1. The van der Waals surface area contributed by atoms with E-state index in [0.29, 0.717) is 0 Å². The maximum Gasteiger partial charge on any atom is 0.340 e. The van der Waals surface area contributed by atoms with Crippen molar-refractivity contribution in [2.45, 2.75) is 25.0 Å². The number of nitrogens with two attached hydrogens (primary N) is 1. The van der Waals surface area contributed by atoms with Crippen LogP contribution in [0.2, 0.25) is 0 Å². The number of hydrogen-bond acceptors (Lipinski definition) is 6. The van der Waals surface area contributed by atoms with Gasteiger partial charge in [0, 0.05) is 6.42 Å². The molecule has 0 amide bonds. The molecule has 0 heterocycles. The lowest BCUT2D eigenvalue weighted by atomic mass is 10.1. The molecule has 1 aromatic carbocycles. The van der Waals surface area contributed by atoms with Gasteiger partial charge >= 0.3 is 11.9 Å². The minimum absolute atomic E-state index is 0.172. The molecule has 1 atom stereocenters. The van der Waals surface area contributed by atoms with E-state index in [4.69, 9.17) is 25.8 Å². The van der Waals surface area contributed by atoms with Crippen LogP contribution in [0.15, 0.2) is 30.3 Å². The highest BCUT2D eigenvalue weighted by molar-refractivity contribution is 5.89. The number of aliphatic hydroxyl groups is 3. The first-order valence-electron chi connectivity index (χ1n) is 5.04. The third-order valence-electron chi connectivity index (χ3n) is 2.38. The second-order valence-corrected chi connectivity index (χ2v) is 3.63. The van der Waals surface area contributed by atoms with Crippen molar-refractivity contribution in [1.29, 1.82) is 0 Å². The Labute approximate surface area is 98.3 Å². The van der Waals surface area contributed by atoms with E-state index in [1.54, 1.807) is 18.2 Å². The van der Waals surface area contributed by atoms with Crippen LogP contribution in [0.5, 0.6) is 0 Å². The monoisotopic (exact) mass is 241 g/mol. The number of carbonyl (C=O) groups is 1. The van der Waals surface area contributed by atoms with Gasteiger partial charge < -0.3 is 20.1 Å². The first-order valence-corrected chi connectivity index (χ1v) is 5.04. The van der Waals surface area contributed by atoms with Crippen LogP contribution in [0.4, 0.5) is 0 Å². The van der Waals surface area contributed by atoms with Crippen LogP contribution in [-0.4, -0.2) is 33.0 Å². The molecule has 1 rings (SSSR count). The zero-order valence-corrected chi connectivity index (χ0v) is 9.33. The molecule has 0 saturated carbocycles. The third-order valence-corrected chi connectivity index (χ3v) is 2.38. The summed E-state index contributed by atoms with van der Waals surface area (Å²) >= 11 is 0. The first kappa shape index (κ1) is 13.6. The normalized spacial score (nSPS) is 15.1. The highest BCUT2D eigenvalue weighted by Gasteiger charge is 2.48. The fourth-order valence-corrected chi connectivity index (χ4v) is 1.18. The highest BCUT2D eigenvalue weighted by atomic mass is 16.7. The van der Waals surface area contributed by atoms with Gasteiger partial charge in [-0.2, -0.15) is 0 Å². The lowest BCUT2D eigenvalue weighted by Gasteiger charge is -2.34. The number of hydrogen-bond donors (Lipinski definition) is 4. The van der Waals surface area contributed by atoms with Crippen molar-refractivity contribution in [2.24, 2.45) is 5.73 Å². The number of rotatable bonds is 4. The summed E-state index contributed by atoms with van der Waals surface area (Å²) < 4.78 is 4.73. The van der Waals surface area contributed by atoms with Crippen molar-refractivity contribution in [1.82, 2.24) is 0 Å². The van der Waals surface area contributed by atoms with Crippen LogP contribution in [0, 0.1) is 0 Å². The van der Waals surface area contributed by atoms with Crippen molar-refractivity contribution in [2.75, 3.05) is 0 Å². The van der Waals surface area contributed by atoms with Gasteiger partial charge in [-0.25, -0.2) is 4.79 Å². The van der Waals surface area contributed by atoms with E-state index < -0.39 is 17.7 Å². The minimum Gasteiger partial charge on any atom is -0.432 e. The van der Waals surface area contributed by atoms with E-state index in [9.17, 15) is 4.79 Å². The van der Waals surface area contributed by atoms with Gasteiger partial charge in [0.25, 0.3) is 0 Å². The quantitative estimate of drug-likeness (QED) is 0.419. The number of carbonyl (C=O) groups excluding carboxylic acids is 1. The van der Waals surface area contributed by atoms with Crippen LogP contribution in [-0.2, 0) is 4.74 Å². The summed E-state index contributed by atoms with van der Waals surface area (Å²) in [6.45, 7) is 1.44. The molecule has 5 N–H and O–H groups in total. The second kappa shape index (κ2) is 4.80. The summed E-state index contributed by atoms with van der Waals surface area (Å²) in [4.78, 5) is 11.6. The molecule has 0 spiro atoms. The molecule has 6 heteroatoms. The predicted molar refractivity (Wildman–Crippen MR) is 58.5 cm³/mol. The minimum atomic E-state index is -3.30. The van der Waals surface area contributed by atoms with Crippen LogP contribution in [0.25, 0.3) is 0 Å². The van der Waals surface area contributed by atoms with Crippen molar-refractivity contribution >= 4 is 5.97 Å². The van der Waals surface area contributed by atoms with Crippen LogP contribution >= 0.6 is 0 Å². The lowest BCUT2D eigenvalue weighted by molar-refractivity contribution is -0.388. The maximum absolute atomic E-state index is 11.6. The van der Waals surface area contributed by atoms with E-state index in [-0.39, 0.29) is 12.0 Å². The van der Waals surface area contributed by atoms with E-state index in [1.165, 1.54) is 19.1 Å². The molecule has 6 nitrogen and oxygen atoms in total. The molecule has 17 heavy (non-hydrogen) atoms. The summed E-state index contributed by atoms with van der Waals surface area (Å²) in [5.41, 5.74) is 3.34. The summed E-state index contributed by atoms with van der Waals surface area (Å²) in [5, 5.41) is 27.1. The molecule has 0 saturated heterocycles. The summed E-state index contributed by atoms with van der Waals surface area (Å²) in [6.07, 6.45) is -0.172. The third kappa shape index (κ3) is 3.01. The zero-order valence-electron chi connectivity index (χ0n) is 9.33. The van der Waals surface area contributed by atoms with Crippen LogP contribution in [0.3, 0.4) is 0 Å². The Bertz CT molecular complexity index is 387. The molecule has 0 aliphatic carbocycles. The van der Waals surface area contributed by atoms with Crippen LogP contribution in [0.1, 0.15) is 23.7 Å². The summed E-state index contributed by atoms with van der Waals surface area (Å²) in [6, 6.07) is 7.90. The average Bonchev–Trinajstić information content (AvgIpc) is 2.28. The van der Waals surface area contributed by atoms with Gasteiger partial charge in [-0.3, -0.25) is 5.73 Å². The fraction of sp³-hybridized carbons (Fsp3) is 0.364. The topological polar surface area (TPSA) is 113 Å².